The Bertz CT molecular complexity index is 960. The molecule has 2 N–H and O–H groups in total. The van der Waals surface area contributed by atoms with Crippen molar-refractivity contribution in [2.75, 3.05) is 24.2 Å². The molecule has 0 unspecified atom stereocenters. The number of benzene rings is 2. The van der Waals surface area contributed by atoms with Gasteiger partial charge < -0.3 is 10.4 Å². The molecule has 3 rings (SSSR count). The van der Waals surface area contributed by atoms with E-state index in [-0.39, 0.29) is 28.0 Å². The highest BCUT2D eigenvalue weighted by atomic mass is 35.5. The predicted molar refractivity (Wildman–Crippen MR) is 112 cm³/mol. The largest absolute Gasteiger partial charge is 0.506 e. The Labute approximate surface area is 173 Å². The van der Waals surface area contributed by atoms with Gasteiger partial charge in [-0.2, -0.15) is 4.31 Å². The van der Waals surface area contributed by atoms with Gasteiger partial charge in [-0.1, -0.05) is 23.7 Å². The quantitative estimate of drug-likeness (QED) is 0.641. The molecule has 0 aliphatic carbocycles. The molecule has 2 aromatic rings. The predicted octanol–water partition coefficient (Wildman–Crippen LogP) is 3.70. The van der Waals surface area contributed by atoms with Crippen molar-refractivity contribution in [3.8, 4) is 5.75 Å². The van der Waals surface area contributed by atoms with Gasteiger partial charge in [0, 0.05) is 23.9 Å². The van der Waals surface area contributed by atoms with Crippen LogP contribution in [-0.4, -0.2) is 42.6 Å². The van der Waals surface area contributed by atoms with Gasteiger partial charge in [0.05, 0.1) is 16.3 Å². The van der Waals surface area contributed by atoms with Crippen LogP contribution in [0.4, 0.5) is 5.69 Å². The minimum Gasteiger partial charge on any atom is -0.506 e. The molecule has 150 valence electrons. The van der Waals surface area contributed by atoms with E-state index in [4.69, 9.17) is 11.6 Å². The Kier molecular flexibility index (Phi) is 6.87. The smallest absolute Gasteiger partial charge is 0.243 e. The number of sulfonamides is 1. The first kappa shape index (κ1) is 21.0. The number of anilines is 1. The van der Waals surface area contributed by atoms with E-state index in [1.54, 1.807) is 6.07 Å². The van der Waals surface area contributed by atoms with Crippen LogP contribution >= 0.6 is 23.4 Å². The number of phenolic OH excluding ortho intramolecular Hbond substituents is 1. The fourth-order valence-electron chi connectivity index (χ4n) is 2.93. The maximum absolute atomic E-state index is 12.7. The van der Waals surface area contributed by atoms with Gasteiger partial charge in [-0.05, 0) is 48.7 Å². The minimum absolute atomic E-state index is 0.0640. The van der Waals surface area contributed by atoms with E-state index in [9.17, 15) is 18.3 Å². The molecule has 6 nitrogen and oxygen atoms in total. The molecular weight excluding hydrogens is 420 g/mol. The summed E-state index contributed by atoms with van der Waals surface area (Å²) in [4.78, 5) is 12.3. The van der Waals surface area contributed by atoms with Crippen LogP contribution in [0.3, 0.4) is 0 Å². The molecule has 1 aliphatic rings. The molecule has 0 aromatic heterocycles. The van der Waals surface area contributed by atoms with Crippen LogP contribution in [-0.2, 0) is 20.6 Å². The van der Waals surface area contributed by atoms with Crippen LogP contribution in [0.1, 0.15) is 18.4 Å². The van der Waals surface area contributed by atoms with Gasteiger partial charge in [-0.25, -0.2) is 8.42 Å². The van der Waals surface area contributed by atoms with Crippen molar-refractivity contribution in [3.05, 3.63) is 53.1 Å². The third-order valence-corrected chi connectivity index (χ3v) is 7.47. The van der Waals surface area contributed by atoms with Crippen LogP contribution < -0.4 is 5.32 Å². The molecule has 9 heteroatoms. The summed E-state index contributed by atoms with van der Waals surface area (Å²) >= 11 is 7.34. The van der Waals surface area contributed by atoms with E-state index in [0.29, 0.717) is 23.9 Å². The first-order valence-electron chi connectivity index (χ1n) is 8.81. The zero-order valence-corrected chi connectivity index (χ0v) is 17.5. The third-order valence-electron chi connectivity index (χ3n) is 4.34. The van der Waals surface area contributed by atoms with Crippen molar-refractivity contribution >= 4 is 45.0 Å². The Morgan fingerprint density at radius 1 is 1.18 bits per heavy atom. The van der Waals surface area contributed by atoms with Crippen molar-refractivity contribution in [3.63, 3.8) is 0 Å². The second kappa shape index (κ2) is 9.17. The number of carbonyl (C=O) groups excluding carboxylic acids is 1. The molecule has 0 radical (unpaired) electrons. The molecule has 2 aromatic carbocycles. The van der Waals surface area contributed by atoms with Gasteiger partial charge in [0.2, 0.25) is 15.9 Å². The van der Waals surface area contributed by atoms with E-state index >= 15 is 0 Å². The van der Waals surface area contributed by atoms with Crippen molar-refractivity contribution in [1.29, 1.82) is 0 Å². The molecule has 28 heavy (non-hydrogen) atoms. The van der Waals surface area contributed by atoms with Crippen molar-refractivity contribution < 1.29 is 18.3 Å². The second-order valence-corrected chi connectivity index (χ2v) is 9.82. The summed E-state index contributed by atoms with van der Waals surface area (Å²) in [6.07, 6.45) is 1.68. The number of rotatable bonds is 7. The zero-order chi connectivity index (χ0) is 20.1. The van der Waals surface area contributed by atoms with E-state index in [1.807, 2.05) is 18.2 Å². The van der Waals surface area contributed by atoms with E-state index in [1.165, 1.54) is 34.3 Å². The van der Waals surface area contributed by atoms with E-state index < -0.39 is 10.0 Å². The Hall–Kier alpha value is -1.74. The van der Waals surface area contributed by atoms with Gasteiger partial charge >= 0.3 is 0 Å². The van der Waals surface area contributed by atoms with Crippen LogP contribution in [0.2, 0.25) is 5.02 Å². The number of amides is 1. The minimum atomic E-state index is -3.62. The summed E-state index contributed by atoms with van der Waals surface area (Å²) in [5.74, 6) is 0.282. The maximum Gasteiger partial charge on any atom is 0.243 e. The van der Waals surface area contributed by atoms with E-state index in [2.05, 4.69) is 5.32 Å². The fraction of sp³-hybridized carbons (Fsp3) is 0.316. The van der Waals surface area contributed by atoms with Gasteiger partial charge in [-0.3, -0.25) is 4.79 Å². The zero-order valence-electron chi connectivity index (χ0n) is 15.1. The summed E-state index contributed by atoms with van der Waals surface area (Å²) in [6.45, 7) is 0.982. The highest BCUT2D eigenvalue weighted by molar-refractivity contribution is 7.99. The lowest BCUT2D eigenvalue weighted by Gasteiger charge is -2.16. The number of hydrogen-bond donors (Lipinski definition) is 2. The summed E-state index contributed by atoms with van der Waals surface area (Å²) in [5, 5.41) is 13.2. The third kappa shape index (κ3) is 5.20. The number of hydrogen-bond acceptors (Lipinski definition) is 5. The summed E-state index contributed by atoms with van der Waals surface area (Å²) in [7, 11) is -3.62. The number of thioether (sulfide) groups is 1. The van der Waals surface area contributed by atoms with Crippen LogP contribution in [0.15, 0.2) is 47.4 Å². The number of halogens is 1. The van der Waals surface area contributed by atoms with Gasteiger partial charge in [0.1, 0.15) is 5.75 Å². The number of phenols is 1. The summed E-state index contributed by atoms with van der Waals surface area (Å²) in [6, 6.07) is 11.4. The molecule has 0 bridgehead atoms. The molecule has 0 saturated carbocycles. The van der Waals surface area contributed by atoms with E-state index in [0.717, 1.165) is 18.4 Å². The normalized spacial score (nSPS) is 14.9. The lowest BCUT2D eigenvalue weighted by Crippen LogP contribution is -2.28. The molecular formula is C19H21ClN2O4S2. The Morgan fingerprint density at radius 3 is 2.64 bits per heavy atom. The fourth-order valence-corrected chi connectivity index (χ4v) is 5.46. The number of nitrogens with zero attached hydrogens (tertiary/aromatic N) is 1. The number of aromatic hydroxyl groups is 1. The van der Waals surface area contributed by atoms with Gasteiger partial charge in [0.15, 0.2) is 0 Å². The Balaban J connectivity index is 1.62. The summed E-state index contributed by atoms with van der Waals surface area (Å²) in [5.41, 5.74) is 1.10. The highest BCUT2D eigenvalue weighted by Gasteiger charge is 2.27. The molecule has 0 spiro atoms. The van der Waals surface area contributed by atoms with Crippen LogP contribution in [0.5, 0.6) is 5.75 Å². The monoisotopic (exact) mass is 440 g/mol. The first-order valence-corrected chi connectivity index (χ1v) is 11.8. The van der Waals surface area contributed by atoms with Crippen LogP contribution in [0.25, 0.3) is 0 Å². The maximum atomic E-state index is 12.7. The highest BCUT2D eigenvalue weighted by Crippen LogP contribution is 2.29. The molecule has 1 aliphatic heterocycles. The average Bonchev–Trinajstić information content (AvgIpc) is 3.19. The second-order valence-electron chi connectivity index (χ2n) is 6.46. The van der Waals surface area contributed by atoms with Crippen molar-refractivity contribution in [2.24, 2.45) is 0 Å². The Morgan fingerprint density at radius 2 is 1.93 bits per heavy atom. The average molecular weight is 441 g/mol. The van der Waals surface area contributed by atoms with Gasteiger partial charge in [0.25, 0.3) is 0 Å². The number of nitrogens with one attached hydrogen (secondary N) is 1. The molecule has 1 amide bonds. The lowest BCUT2D eigenvalue weighted by molar-refractivity contribution is -0.113. The molecule has 0 atom stereocenters. The lowest BCUT2D eigenvalue weighted by atomic mass is 10.2. The first-order chi connectivity index (χ1) is 13.4. The van der Waals surface area contributed by atoms with Gasteiger partial charge in [-0.15, -0.1) is 11.8 Å². The van der Waals surface area contributed by atoms with Crippen molar-refractivity contribution in [1.82, 2.24) is 4.31 Å². The van der Waals surface area contributed by atoms with Crippen LogP contribution in [0, 0.1) is 0 Å². The molecule has 1 saturated heterocycles. The summed E-state index contributed by atoms with van der Waals surface area (Å²) < 4.78 is 26.7. The number of carbonyl (C=O) groups is 1. The molecule has 1 heterocycles. The topological polar surface area (TPSA) is 86.7 Å². The molecule has 1 fully saturated rings. The van der Waals surface area contributed by atoms with Crippen molar-refractivity contribution in [2.45, 2.75) is 23.5 Å². The SMILES string of the molecule is O=C(CSCc1cccc(Cl)c1)Nc1cc(S(=O)(=O)N2CCCC2)ccc1O. The standard InChI is InChI=1S/C19H21ClN2O4S2/c20-15-5-3-4-14(10-15)12-27-13-19(24)21-17-11-16(6-7-18(17)23)28(25,26)22-8-1-2-9-22/h3-7,10-11,23H,1-2,8-9,12-13H2,(H,21,24).